The minimum Gasteiger partial charge on any atom is -0.376 e. The van der Waals surface area contributed by atoms with Gasteiger partial charge in [0.15, 0.2) is 0 Å². The lowest BCUT2D eigenvalue weighted by Crippen LogP contribution is -2.36. The second-order valence-electron chi connectivity index (χ2n) is 8.70. The van der Waals surface area contributed by atoms with Gasteiger partial charge in [0.1, 0.15) is 5.82 Å². The standard InChI is InChI=1S/C23H30FN3O5S/c1-17(28)26(14-21-4-2-10-31-21)13-20-12-25-23(27(20)15-22-5-3-11-32-22)33(29,30)16-18-6-8-19(24)9-7-18/h6-9,12,21-22H,2-5,10-11,13-16H2,1H3/t21-,22+/m0/s1. The molecule has 2 fully saturated rings. The third-order valence-electron chi connectivity index (χ3n) is 6.11. The first-order chi connectivity index (χ1) is 15.8. The van der Waals surface area contributed by atoms with E-state index in [-0.39, 0.29) is 35.6 Å². The van der Waals surface area contributed by atoms with Gasteiger partial charge in [-0.3, -0.25) is 4.79 Å². The van der Waals surface area contributed by atoms with Crippen LogP contribution in [0.15, 0.2) is 35.6 Å². The summed E-state index contributed by atoms with van der Waals surface area (Å²) in [5, 5.41) is -0.0575. The molecule has 0 N–H and O–H groups in total. The Bertz CT molecular complexity index is 1060. The normalized spacial score (nSPS) is 20.9. The van der Waals surface area contributed by atoms with E-state index in [0.29, 0.717) is 37.6 Å². The van der Waals surface area contributed by atoms with Crippen LogP contribution in [0.4, 0.5) is 4.39 Å². The molecule has 4 rings (SSSR count). The minimum atomic E-state index is -3.81. The van der Waals surface area contributed by atoms with Gasteiger partial charge in [0.25, 0.3) is 0 Å². The monoisotopic (exact) mass is 479 g/mol. The highest BCUT2D eigenvalue weighted by molar-refractivity contribution is 7.90. The van der Waals surface area contributed by atoms with E-state index >= 15 is 0 Å². The highest BCUT2D eigenvalue weighted by Crippen LogP contribution is 2.23. The zero-order valence-electron chi connectivity index (χ0n) is 18.8. The van der Waals surface area contributed by atoms with Crippen LogP contribution < -0.4 is 0 Å². The van der Waals surface area contributed by atoms with Crippen molar-refractivity contribution in [3.05, 3.63) is 47.5 Å². The number of benzene rings is 1. The molecule has 0 aliphatic carbocycles. The van der Waals surface area contributed by atoms with Crippen LogP contribution in [0.3, 0.4) is 0 Å². The number of halogens is 1. The van der Waals surface area contributed by atoms with E-state index in [9.17, 15) is 17.6 Å². The minimum absolute atomic E-state index is 0.00915. The highest BCUT2D eigenvalue weighted by atomic mass is 32.2. The molecule has 0 radical (unpaired) electrons. The molecule has 2 aliphatic heterocycles. The second-order valence-corrected chi connectivity index (χ2v) is 10.6. The molecule has 10 heteroatoms. The zero-order valence-corrected chi connectivity index (χ0v) is 19.6. The van der Waals surface area contributed by atoms with Crippen LogP contribution in [-0.2, 0) is 42.9 Å². The number of nitrogens with zero attached hydrogens (tertiary/aromatic N) is 3. The fraction of sp³-hybridized carbons (Fsp3) is 0.565. The first-order valence-corrected chi connectivity index (χ1v) is 13.0. The van der Waals surface area contributed by atoms with E-state index in [4.69, 9.17) is 9.47 Å². The quantitative estimate of drug-likeness (QED) is 0.549. The molecule has 8 nitrogen and oxygen atoms in total. The topological polar surface area (TPSA) is 90.7 Å². The second kappa shape index (κ2) is 10.3. The van der Waals surface area contributed by atoms with E-state index < -0.39 is 15.7 Å². The van der Waals surface area contributed by atoms with Crippen LogP contribution in [0.1, 0.15) is 43.9 Å². The highest BCUT2D eigenvalue weighted by Gasteiger charge is 2.29. The van der Waals surface area contributed by atoms with E-state index in [0.717, 1.165) is 25.7 Å². The Hall–Kier alpha value is -2.30. The number of sulfone groups is 1. The molecule has 0 saturated carbocycles. The van der Waals surface area contributed by atoms with Crippen LogP contribution in [-0.4, -0.2) is 60.7 Å². The summed E-state index contributed by atoms with van der Waals surface area (Å²) in [5.74, 6) is -0.818. The van der Waals surface area contributed by atoms with Crippen molar-refractivity contribution in [1.82, 2.24) is 14.5 Å². The van der Waals surface area contributed by atoms with Crippen molar-refractivity contribution in [2.45, 2.75) is 68.8 Å². The molecule has 3 heterocycles. The molecule has 0 unspecified atom stereocenters. The Morgan fingerprint density at radius 2 is 1.82 bits per heavy atom. The summed E-state index contributed by atoms with van der Waals surface area (Å²) in [5.41, 5.74) is 1.12. The molecule has 0 spiro atoms. The summed E-state index contributed by atoms with van der Waals surface area (Å²) >= 11 is 0. The van der Waals surface area contributed by atoms with Crippen molar-refractivity contribution in [3.63, 3.8) is 0 Å². The van der Waals surface area contributed by atoms with Crippen molar-refractivity contribution in [3.8, 4) is 0 Å². The third kappa shape index (κ3) is 5.99. The maximum absolute atomic E-state index is 13.3. The molecular formula is C23H30FN3O5S. The molecule has 2 saturated heterocycles. The van der Waals surface area contributed by atoms with Gasteiger partial charge in [-0.05, 0) is 43.4 Å². The average Bonchev–Trinajstić information content (AvgIpc) is 3.53. The number of aromatic nitrogens is 2. The van der Waals surface area contributed by atoms with Gasteiger partial charge < -0.3 is 18.9 Å². The number of amides is 1. The molecule has 33 heavy (non-hydrogen) atoms. The number of carbonyl (C=O) groups excluding carboxylic acids is 1. The van der Waals surface area contributed by atoms with Gasteiger partial charge in [-0.2, -0.15) is 0 Å². The Labute approximate surface area is 193 Å². The largest absolute Gasteiger partial charge is 0.376 e. The summed E-state index contributed by atoms with van der Waals surface area (Å²) in [7, 11) is -3.81. The van der Waals surface area contributed by atoms with Crippen molar-refractivity contribution < 1.29 is 27.1 Å². The molecule has 0 bridgehead atoms. The van der Waals surface area contributed by atoms with Crippen LogP contribution in [0.5, 0.6) is 0 Å². The van der Waals surface area contributed by atoms with Gasteiger partial charge in [-0.1, -0.05) is 12.1 Å². The molecule has 2 atom stereocenters. The molecule has 1 amide bonds. The van der Waals surface area contributed by atoms with Crippen LogP contribution >= 0.6 is 0 Å². The zero-order chi connectivity index (χ0) is 23.4. The summed E-state index contributed by atoms with van der Waals surface area (Å²) < 4.78 is 52.9. The van der Waals surface area contributed by atoms with Crippen molar-refractivity contribution in [1.29, 1.82) is 0 Å². The smallest absolute Gasteiger partial charge is 0.228 e. The van der Waals surface area contributed by atoms with Crippen LogP contribution in [0, 0.1) is 5.82 Å². The van der Waals surface area contributed by atoms with Gasteiger partial charge >= 0.3 is 0 Å². The summed E-state index contributed by atoms with van der Waals surface area (Å²) in [6.45, 7) is 3.88. The number of hydrogen-bond donors (Lipinski definition) is 0. The van der Waals surface area contributed by atoms with Crippen LogP contribution in [0.25, 0.3) is 0 Å². The predicted octanol–water partition coefficient (Wildman–Crippen LogP) is 2.70. The van der Waals surface area contributed by atoms with Gasteiger partial charge in [-0.25, -0.2) is 17.8 Å². The number of ether oxygens (including phenoxy) is 2. The molecule has 2 aliphatic rings. The van der Waals surface area contributed by atoms with Gasteiger partial charge in [0.05, 0.1) is 42.9 Å². The molecular weight excluding hydrogens is 449 g/mol. The molecule has 180 valence electrons. The Kier molecular flexibility index (Phi) is 7.45. The van der Waals surface area contributed by atoms with Crippen molar-refractivity contribution in [2.75, 3.05) is 19.8 Å². The van der Waals surface area contributed by atoms with Crippen LogP contribution in [0.2, 0.25) is 0 Å². The number of imidazole rings is 1. The van der Waals surface area contributed by atoms with Crippen molar-refractivity contribution in [2.24, 2.45) is 0 Å². The lowest BCUT2D eigenvalue weighted by Gasteiger charge is -2.25. The Balaban J connectivity index is 1.61. The fourth-order valence-corrected chi connectivity index (χ4v) is 5.85. The summed E-state index contributed by atoms with van der Waals surface area (Å²) in [6.07, 6.45) is 5.03. The Morgan fingerprint density at radius 3 is 2.42 bits per heavy atom. The SMILES string of the molecule is CC(=O)N(Cc1cnc(S(=O)(=O)Cc2ccc(F)cc2)n1C[C@H]1CCCO1)C[C@@H]1CCCO1. The van der Waals surface area contributed by atoms with E-state index in [1.54, 1.807) is 9.47 Å². The summed E-state index contributed by atoms with van der Waals surface area (Å²) in [4.78, 5) is 18.3. The number of hydrogen-bond acceptors (Lipinski definition) is 6. The fourth-order valence-electron chi connectivity index (χ4n) is 4.35. The number of rotatable bonds is 9. The van der Waals surface area contributed by atoms with Crippen molar-refractivity contribution >= 4 is 15.7 Å². The van der Waals surface area contributed by atoms with E-state index in [1.807, 2.05) is 0 Å². The van der Waals surface area contributed by atoms with E-state index in [2.05, 4.69) is 4.98 Å². The average molecular weight is 480 g/mol. The Morgan fingerprint density at radius 1 is 1.15 bits per heavy atom. The predicted molar refractivity (Wildman–Crippen MR) is 119 cm³/mol. The first-order valence-electron chi connectivity index (χ1n) is 11.3. The van der Waals surface area contributed by atoms with Gasteiger partial charge in [0, 0.05) is 26.7 Å². The molecule has 2 aromatic rings. The lowest BCUT2D eigenvalue weighted by molar-refractivity contribution is -0.131. The molecule has 1 aromatic carbocycles. The first kappa shape index (κ1) is 23.8. The lowest BCUT2D eigenvalue weighted by atomic mass is 10.2. The maximum atomic E-state index is 13.3. The third-order valence-corrected chi connectivity index (χ3v) is 7.70. The maximum Gasteiger partial charge on any atom is 0.228 e. The van der Waals surface area contributed by atoms with E-state index in [1.165, 1.54) is 37.4 Å². The number of carbonyl (C=O) groups is 1. The van der Waals surface area contributed by atoms with Gasteiger partial charge in [-0.15, -0.1) is 0 Å². The molecule has 1 aromatic heterocycles. The van der Waals surface area contributed by atoms with Gasteiger partial charge in [0.2, 0.25) is 20.9 Å². The summed E-state index contributed by atoms with van der Waals surface area (Å²) in [6, 6.07) is 5.40.